The molecule has 1 amide bonds. The summed E-state index contributed by atoms with van der Waals surface area (Å²) in [5, 5.41) is 3.75. The van der Waals surface area contributed by atoms with Gasteiger partial charge in [-0.15, -0.1) is 0 Å². The van der Waals surface area contributed by atoms with Gasteiger partial charge in [0, 0.05) is 24.2 Å². The van der Waals surface area contributed by atoms with Gasteiger partial charge in [0.2, 0.25) is 0 Å². The number of aromatic nitrogens is 1. The van der Waals surface area contributed by atoms with Crippen molar-refractivity contribution in [3.63, 3.8) is 0 Å². The number of pyridine rings is 1. The van der Waals surface area contributed by atoms with Crippen molar-refractivity contribution in [2.75, 3.05) is 6.54 Å². The zero-order valence-electron chi connectivity index (χ0n) is 11.1. The molecule has 3 N–H and O–H groups in total. The van der Waals surface area contributed by atoms with Crippen molar-refractivity contribution < 1.29 is 4.79 Å². The number of carbonyl (C=O) groups excluding carboxylic acids is 1. The second kappa shape index (κ2) is 6.29. The van der Waals surface area contributed by atoms with E-state index >= 15 is 0 Å². The van der Waals surface area contributed by atoms with E-state index in [2.05, 4.69) is 17.2 Å². The Morgan fingerprint density at radius 2 is 2.16 bits per heavy atom. The number of benzene rings is 1. The van der Waals surface area contributed by atoms with Crippen LogP contribution in [-0.2, 0) is 0 Å². The van der Waals surface area contributed by atoms with Crippen molar-refractivity contribution in [1.29, 1.82) is 0 Å². The molecule has 2 rings (SSSR count). The second-order valence-electron chi connectivity index (χ2n) is 4.63. The average molecular weight is 257 g/mol. The molecule has 0 bridgehead atoms. The third-order valence-corrected chi connectivity index (χ3v) is 3.08. The highest BCUT2D eigenvalue weighted by Crippen LogP contribution is 2.15. The second-order valence-corrected chi connectivity index (χ2v) is 4.63. The van der Waals surface area contributed by atoms with Crippen LogP contribution in [0.25, 0.3) is 10.9 Å². The maximum atomic E-state index is 12.2. The molecule has 1 aromatic heterocycles. The summed E-state index contributed by atoms with van der Waals surface area (Å²) >= 11 is 0. The van der Waals surface area contributed by atoms with Gasteiger partial charge in [-0.1, -0.05) is 31.5 Å². The molecule has 0 radical (unpaired) electrons. The van der Waals surface area contributed by atoms with E-state index in [1.807, 2.05) is 24.3 Å². The molecule has 0 saturated heterocycles. The first kappa shape index (κ1) is 13.5. The molecule has 0 saturated carbocycles. The summed E-state index contributed by atoms with van der Waals surface area (Å²) < 4.78 is 0. The predicted octanol–water partition coefficient (Wildman–Crippen LogP) is 2.09. The van der Waals surface area contributed by atoms with Crippen LogP contribution in [0.1, 0.15) is 30.1 Å². The lowest BCUT2D eigenvalue weighted by molar-refractivity contribution is 0.0952. The van der Waals surface area contributed by atoms with E-state index in [-0.39, 0.29) is 11.9 Å². The Morgan fingerprint density at radius 1 is 1.37 bits per heavy atom. The molecule has 1 aromatic carbocycles. The van der Waals surface area contributed by atoms with Gasteiger partial charge in [-0.3, -0.25) is 9.78 Å². The van der Waals surface area contributed by atoms with E-state index in [1.54, 1.807) is 12.3 Å². The maximum Gasteiger partial charge on any atom is 0.252 e. The van der Waals surface area contributed by atoms with E-state index in [4.69, 9.17) is 5.73 Å². The van der Waals surface area contributed by atoms with Gasteiger partial charge in [-0.05, 0) is 18.6 Å². The summed E-state index contributed by atoms with van der Waals surface area (Å²) in [6, 6.07) is 9.38. The largest absolute Gasteiger partial charge is 0.350 e. The fraction of sp³-hybridized carbons (Fsp3) is 0.333. The molecule has 0 aliphatic heterocycles. The van der Waals surface area contributed by atoms with Crippen LogP contribution in [0.15, 0.2) is 36.5 Å². The number of amides is 1. The fourth-order valence-electron chi connectivity index (χ4n) is 2.09. The molecule has 4 nitrogen and oxygen atoms in total. The van der Waals surface area contributed by atoms with E-state index in [1.165, 1.54) is 0 Å². The highest BCUT2D eigenvalue weighted by Gasteiger charge is 2.11. The SMILES string of the molecule is CCCC(N)CNC(=O)c1ccnc2ccccc12. The van der Waals surface area contributed by atoms with Crippen LogP contribution >= 0.6 is 0 Å². The standard InChI is InChI=1S/C15H19N3O/c1-2-5-11(16)10-18-15(19)13-8-9-17-14-7-4-3-6-12(13)14/h3-4,6-9,11H,2,5,10,16H2,1H3,(H,18,19). The summed E-state index contributed by atoms with van der Waals surface area (Å²) in [6.45, 7) is 2.58. The molecule has 1 unspecified atom stereocenters. The monoisotopic (exact) mass is 257 g/mol. The third-order valence-electron chi connectivity index (χ3n) is 3.08. The minimum atomic E-state index is -0.0925. The van der Waals surface area contributed by atoms with Crippen LogP contribution in [-0.4, -0.2) is 23.5 Å². The van der Waals surface area contributed by atoms with Gasteiger partial charge < -0.3 is 11.1 Å². The minimum absolute atomic E-state index is 0.0158. The number of nitrogens with two attached hydrogens (primary N) is 1. The smallest absolute Gasteiger partial charge is 0.252 e. The van der Waals surface area contributed by atoms with E-state index < -0.39 is 0 Å². The lowest BCUT2D eigenvalue weighted by atomic mass is 10.1. The fourth-order valence-corrected chi connectivity index (χ4v) is 2.09. The van der Waals surface area contributed by atoms with Gasteiger partial charge in [0.15, 0.2) is 0 Å². The zero-order valence-corrected chi connectivity index (χ0v) is 11.1. The lowest BCUT2D eigenvalue weighted by Gasteiger charge is -2.12. The Morgan fingerprint density at radius 3 is 2.95 bits per heavy atom. The van der Waals surface area contributed by atoms with Crippen LogP contribution in [0, 0.1) is 0 Å². The Labute approximate surface area is 113 Å². The zero-order chi connectivity index (χ0) is 13.7. The summed E-state index contributed by atoms with van der Waals surface area (Å²) in [5.74, 6) is -0.0925. The van der Waals surface area contributed by atoms with Crippen molar-refractivity contribution in [2.45, 2.75) is 25.8 Å². The number of hydrogen-bond acceptors (Lipinski definition) is 3. The van der Waals surface area contributed by atoms with Crippen LogP contribution in [0.4, 0.5) is 0 Å². The number of rotatable bonds is 5. The van der Waals surface area contributed by atoms with Crippen LogP contribution in [0.3, 0.4) is 0 Å². The number of nitrogens with one attached hydrogen (secondary N) is 1. The van der Waals surface area contributed by atoms with Gasteiger partial charge in [0.1, 0.15) is 0 Å². The van der Waals surface area contributed by atoms with Crippen LogP contribution in [0.5, 0.6) is 0 Å². The lowest BCUT2D eigenvalue weighted by Crippen LogP contribution is -2.37. The van der Waals surface area contributed by atoms with Crippen molar-refractivity contribution in [1.82, 2.24) is 10.3 Å². The van der Waals surface area contributed by atoms with Crippen LogP contribution in [0.2, 0.25) is 0 Å². The van der Waals surface area contributed by atoms with E-state index in [9.17, 15) is 4.79 Å². The molecular weight excluding hydrogens is 238 g/mol. The molecule has 0 aliphatic rings. The van der Waals surface area contributed by atoms with E-state index in [0.29, 0.717) is 12.1 Å². The molecule has 0 fully saturated rings. The van der Waals surface area contributed by atoms with Gasteiger partial charge in [0.05, 0.1) is 11.1 Å². The predicted molar refractivity (Wildman–Crippen MR) is 77.0 cm³/mol. The molecule has 100 valence electrons. The molecule has 2 aromatic rings. The first-order valence-electron chi connectivity index (χ1n) is 6.60. The maximum absolute atomic E-state index is 12.2. The van der Waals surface area contributed by atoms with Gasteiger partial charge >= 0.3 is 0 Å². The highest BCUT2D eigenvalue weighted by atomic mass is 16.1. The summed E-state index contributed by atoms with van der Waals surface area (Å²) in [5.41, 5.74) is 7.37. The molecule has 1 heterocycles. The number of para-hydroxylation sites is 1. The van der Waals surface area contributed by atoms with Gasteiger partial charge in [-0.25, -0.2) is 0 Å². The van der Waals surface area contributed by atoms with Gasteiger partial charge in [0.25, 0.3) is 5.91 Å². The summed E-state index contributed by atoms with van der Waals surface area (Å²) in [6.07, 6.45) is 3.59. The quantitative estimate of drug-likeness (QED) is 0.861. The Kier molecular flexibility index (Phi) is 4.47. The normalized spacial score (nSPS) is 12.3. The average Bonchev–Trinajstić information content (AvgIpc) is 2.44. The molecule has 19 heavy (non-hydrogen) atoms. The number of carbonyl (C=O) groups is 1. The van der Waals surface area contributed by atoms with Crippen molar-refractivity contribution >= 4 is 16.8 Å². The Bertz CT molecular complexity index is 563. The Balaban J connectivity index is 2.13. The van der Waals surface area contributed by atoms with Crippen molar-refractivity contribution in [2.24, 2.45) is 5.73 Å². The molecule has 1 atom stereocenters. The van der Waals surface area contributed by atoms with E-state index in [0.717, 1.165) is 23.7 Å². The molecule has 0 spiro atoms. The number of nitrogens with zero attached hydrogens (tertiary/aromatic N) is 1. The summed E-state index contributed by atoms with van der Waals surface area (Å²) in [7, 11) is 0. The molecule has 4 heteroatoms. The van der Waals surface area contributed by atoms with Gasteiger partial charge in [-0.2, -0.15) is 0 Å². The topological polar surface area (TPSA) is 68.0 Å². The molecule has 0 aliphatic carbocycles. The minimum Gasteiger partial charge on any atom is -0.350 e. The third kappa shape index (κ3) is 3.29. The van der Waals surface area contributed by atoms with Crippen molar-refractivity contribution in [3.8, 4) is 0 Å². The summed E-state index contributed by atoms with van der Waals surface area (Å²) in [4.78, 5) is 16.4. The number of hydrogen-bond donors (Lipinski definition) is 2. The first-order chi connectivity index (χ1) is 9.22. The van der Waals surface area contributed by atoms with Crippen LogP contribution < -0.4 is 11.1 Å². The Hall–Kier alpha value is -1.94. The number of fused-ring (bicyclic) bond motifs is 1. The first-order valence-corrected chi connectivity index (χ1v) is 6.60. The molecular formula is C15H19N3O. The highest BCUT2D eigenvalue weighted by molar-refractivity contribution is 6.05. The van der Waals surface area contributed by atoms with Crippen molar-refractivity contribution in [3.05, 3.63) is 42.1 Å².